The molecular weight excluding hydrogens is 208 g/mol. The second kappa shape index (κ2) is 3.89. The van der Waals surface area contributed by atoms with E-state index in [0.717, 1.165) is 13.1 Å². The highest BCUT2D eigenvalue weighted by atomic mass is 16.7. The van der Waals surface area contributed by atoms with Crippen LogP contribution in [0.2, 0.25) is 0 Å². The lowest BCUT2D eigenvalue weighted by Crippen LogP contribution is -2.67. The van der Waals surface area contributed by atoms with Crippen molar-refractivity contribution in [3.8, 4) is 0 Å². The van der Waals surface area contributed by atoms with Crippen molar-refractivity contribution >= 4 is 6.03 Å². The Kier molecular flexibility index (Phi) is 2.84. The van der Waals surface area contributed by atoms with E-state index >= 15 is 0 Å². The Morgan fingerprint density at radius 1 is 1.31 bits per heavy atom. The molecule has 16 heavy (non-hydrogen) atoms. The highest BCUT2D eigenvalue weighted by Gasteiger charge is 2.50. The average Bonchev–Trinajstić information content (AvgIpc) is 2.15. The highest BCUT2D eigenvalue weighted by molar-refractivity contribution is 5.75. The largest absolute Gasteiger partial charge is 0.350 e. The van der Waals surface area contributed by atoms with Gasteiger partial charge in [-0.05, 0) is 20.8 Å². The van der Waals surface area contributed by atoms with Gasteiger partial charge in [0.1, 0.15) is 0 Å². The Hall–Kier alpha value is -0.810. The second-order valence-electron chi connectivity index (χ2n) is 5.17. The van der Waals surface area contributed by atoms with Crippen molar-refractivity contribution in [2.45, 2.75) is 26.6 Å². The van der Waals surface area contributed by atoms with Gasteiger partial charge in [0.25, 0.3) is 0 Å². The summed E-state index contributed by atoms with van der Waals surface area (Å²) in [4.78, 5) is 13.3. The molecule has 0 saturated carbocycles. The van der Waals surface area contributed by atoms with Gasteiger partial charge in [0.15, 0.2) is 5.79 Å². The van der Waals surface area contributed by atoms with Gasteiger partial charge in [-0.25, -0.2) is 4.79 Å². The molecule has 0 bridgehead atoms. The van der Waals surface area contributed by atoms with E-state index in [0.29, 0.717) is 19.8 Å². The normalized spacial score (nSPS) is 26.3. The topological polar surface area (TPSA) is 50.8 Å². The van der Waals surface area contributed by atoms with Crippen LogP contribution in [0.5, 0.6) is 0 Å². The minimum Gasteiger partial charge on any atom is -0.350 e. The zero-order valence-electron chi connectivity index (χ0n) is 10.2. The predicted molar refractivity (Wildman–Crippen MR) is 59.1 cm³/mol. The van der Waals surface area contributed by atoms with Gasteiger partial charge in [0, 0.05) is 19.6 Å². The van der Waals surface area contributed by atoms with Crippen LogP contribution in [0, 0.1) is 5.41 Å². The second-order valence-corrected chi connectivity index (χ2v) is 5.17. The zero-order valence-corrected chi connectivity index (χ0v) is 10.2. The van der Waals surface area contributed by atoms with Gasteiger partial charge in [0.05, 0.1) is 18.6 Å². The summed E-state index contributed by atoms with van der Waals surface area (Å²) in [7, 11) is 0. The van der Waals surface area contributed by atoms with Gasteiger partial charge in [-0.15, -0.1) is 0 Å². The van der Waals surface area contributed by atoms with Crippen molar-refractivity contribution in [3.05, 3.63) is 0 Å². The average molecular weight is 228 g/mol. The summed E-state index contributed by atoms with van der Waals surface area (Å²) in [5, 5.41) is 2.79. The first-order valence-electron chi connectivity index (χ1n) is 5.77. The van der Waals surface area contributed by atoms with Gasteiger partial charge in [0.2, 0.25) is 0 Å². The Morgan fingerprint density at radius 2 is 1.88 bits per heavy atom. The van der Waals surface area contributed by atoms with Crippen LogP contribution < -0.4 is 5.32 Å². The molecule has 92 valence electrons. The van der Waals surface area contributed by atoms with Crippen LogP contribution in [0.1, 0.15) is 20.8 Å². The fourth-order valence-corrected chi connectivity index (χ4v) is 2.09. The van der Waals surface area contributed by atoms with Gasteiger partial charge >= 0.3 is 6.03 Å². The van der Waals surface area contributed by atoms with Crippen LogP contribution in [-0.4, -0.2) is 49.6 Å². The maximum absolute atomic E-state index is 11.5. The number of hydrogen-bond acceptors (Lipinski definition) is 3. The van der Waals surface area contributed by atoms with Gasteiger partial charge in [-0.1, -0.05) is 0 Å². The zero-order chi connectivity index (χ0) is 11.8. The molecule has 2 fully saturated rings. The quantitative estimate of drug-likeness (QED) is 0.722. The van der Waals surface area contributed by atoms with Crippen molar-refractivity contribution in [3.63, 3.8) is 0 Å². The fourth-order valence-electron chi connectivity index (χ4n) is 2.09. The van der Waals surface area contributed by atoms with Gasteiger partial charge < -0.3 is 19.7 Å². The minimum atomic E-state index is -0.475. The fraction of sp³-hybridized carbons (Fsp3) is 0.909. The number of carbonyl (C=O) groups excluding carboxylic acids is 1. The van der Waals surface area contributed by atoms with Crippen LogP contribution >= 0.6 is 0 Å². The van der Waals surface area contributed by atoms with E-state index in [4.69, 9.17) is 9.47 Å². The molecule has 0 aromatic heterocycles. The lowest BCUT2D eigenvalue weighted by atomic mass is 9.81. The summed E-state index contributed by atoms with van der Waals surface area (Å²) in [6.07, 6.45) is 0. The third-order valence-electron chi connectivity index (χ3n) is 3.12. The predicted octanol–water partition coefficient (Wildman–Crippen LogP) is 0.801. The van der Waals surface area contributed by atoms with Crippen molar-refractivity contribution < 1.29 is 14.3 Å². The van der Waals surface area contributed by atoms with E-state index in [-0.39, 0.29) is 11.4 Å². The standard InChI is InChI=1S/C11H20N2O3/c1-4-12-9(14)13-5-11(6-13)7-15-10(2,3)16-8-11/h4-8H2,1-3H3,(H,12,14). The summed E-state index contributed by atoms with van der Waals surface area (Å²) in [6.45, 7) is 9.24. The van der Waals surface area contributed by atoms with Crippen LogP contribution in [0.15, 0.2) is 0 Å². The first kappa shape index (κ1) is 11.7. The SMILES string of the molecule is CCNC(=O)N1CC2(COC(C)(C)OC2)C1. The summed E-state index contributed by atoms with van der Waals surface area (Å²) in [6, 6.07) is 0.0120. The molecule has 2 rings (SSSR count). The first-order chi connectivity index (χ1) is 7.46. The Bertz CT molecular complexity index is 273. The monoisotopic (exact) mass is 228 g/mol. The summed E-state index contributed by atoms with van der Waals surface area (Å²) >= 11 is 0. The number of carbonyl (C=O) groups is 1. The molecule has 2 heterocycles. The van der Waals surface area contributed by atoms with Crippen LogP contribution in [0.4, 0.5) is 4.79 Å². The first-order valence-corrected chi connectivity index (χ1v) is 5.77. The third kappa shape index (κ3) is 2.15. The maximum Gasteiger partial charge on any atom is 0.317 e. The molecule has 2 saturated heterocycles. The molecule has 5 heteroatoms. The van der Waals surface area contributed by atoms with Gasteiger partial charge in [-0.2, -0.15) is 0 Å². The number of rotatable bonds is 1. The molecule has 1 spiro atoms. The minimum absolute atomic E-state index is 0.0120. The number of hydrogen-bond donors (Lipinski definition) is 1. The van der Waals surface area contributed by atoms with Crippen LogP contribution in [0.25, 0.3) is 0 Å². The number of urea groups is 1. The van der Waals surface area contributed by atoms with E-state index in [1.165, 1.54) is 0 Å². The molecule has 2 amide bonds. The number of nitrogens with one attached hydrogen (secondary N) is 1. The number of likely N-dealkylation sites (tertiary alicyclic amines) is 1. The van der Waals surface area contributed by atoms with E-state index in [1.807, 2.05) is 20.8 Å². The Labute approximate surface area is 96.1 Å². The van der Waals surface area contributed by atoms with E-state index in [1.54, 1.807) is 4.90 Å². The summed E-state index contributed by atoms with van der Waals surface area (Å²) in [5.74, 6) is -0.475. The molecule has 0 aromatic carbocycles. The molecule has 0 aliphatic carbocycles. The molecule has 1 N–H and O–H groups in total. The molecule has 0 atom stereocenters. The number of ether oxygens (including phenoxy) is 2. The van der Waals surface area contributed by atoms with Gasteiger partial charge in [-0.3, -0.25) is 0 Å². The van der Waals surface area contributed by atoms with Crippen molar-refractivity contribution in [1.29, 1.82) is 0 Å². The maximum atomic E-state index is 11.5. The van der Waals surface area contributed by atoms with E-state index in [2.05, 4.69) is 5.32 Å². The third-order valence-corrected chi connectivity index (χ3v) is 3.12. The van der Waals surface area contributed by atoms with Crippen molar-refractivity contribution in [1.82, 2.24) is 10.2 Å². The molecule has 0 unspecified atom stereocenters. The van der Waals surface area contributed by atoms with Crippen molar-refractivity contribution in [2.75, 3.05) is 32.8 Å². The lowest BCUT2D eigenvalue weighted by Gasteiger charge is -2.53. The molecular formula is C11H20N2O3. The van der Waals surface area contributed by atoms with E-state index < -0.39 is 5.79 Å². The molecule has 2 aliphatic rings. The highest BCUT2D eigenvalue weighted by Crippen LogP contribution is 2.37. The Balaban J connectivity index is 1.81. The molecule has 5 nitrogen and oxygen atoms in total. The summed E-state index contributed by atoms with van der Waals surface area (Å²) < 4.78 is 11.3. The molecule has 0 aromatic rings. The number of amides is 2. The van der Waals surface area contributed by atoms with Crippen LogP contribution in [0.3, 0.4) is 0 Å². The van der Waals surface area contributed by atoms with Crippen LogP contribution in [-0.2, 0) is 9.47 Å². The number of nitrogens with zero attached hydrogens (tertiary/aromatic N) is 1. The Morgan fingerprint density at radius 3 is 2.38 bits per heavy atom. The molecule has 2 aliphatic heterocycles. The summed E-state index contributed by atoms with van der Waals surface area (Å²) in [5.41, 5.74) is 0.0284. The smallest absolute Gasteiger partial charge is 0.317 e. The van der Waals surface area contributed by atoms with E-state index in [9.17, 15) is 4.79 Å². The lowest BCUT2D eigenvalue weighted by molar-refractivity contribution is -0.301. The molecule has 0 radical (unpaired) electrons. The van der Waals surface area contributed by atoms with Crippen molar-refractivity contribution in [2.24, 2.45) is 5.41 Å².